The van der Waals surface area contributed by atoms with Crippen LogP contribution in [0, 0.1) is 0 Å². The van der Waals surface area contributed by atoms with E-state index in [1.54, 1.807) is 31.4 Å². The number of benzene rings is 1. The zero-order chi connectivity index (χ0) is 16.4. The molecule has 0 aliphatic carbocycles. The van der Waals surface area contributed by atoms with E-state index in [0.29, 0.717) is 30.9 Å². The molecular weight excluding hydrogens is 286 g/mol. The van der Waals surface area contributed by atoms with E-state index in [1.807, 2.05) is 6.92 Å². The summed E-state index contributed by atoms with van der Waals surface area (Å²) < 4.78 is 10.4. The Hall–Kier alpha value is -2.08. The lowest BCUT2D eigenvalue weighted by Crippen LogP contribution is -2.40. The lowest BCUT2D eigenvalue weighted by atomic mass is 10.1. The van der Waals surface area contributed by atoms with Crippen molar-refractivity contribution in [3.05, 3.63) is 29.8 Å². The average molecular weight is 309 g/mol. The van der Waals surface area contributed by atoms with Crippen molar-refractivity contribution in [3.63, 3.8) is 0 Å². The van der Waals surface area contributed by atoms with Crippen LogP contribution in [0.4, 0.5) is 0 Å². The monoisotopic (exact) mass is 309 g/mol. The minimum Gasteiger partial charge on any atom is -0.490 e. The molecule has 1 aromatic carbocycles. The van der Waals surface area contributed by atoms with Gasteiger partial charge in [0.2, 0.25) is 0 Å². The molecule has 6 nitrogen and oxygen atoms in total. The van der Waals surface area contributed by atoms with Crippen LogP contribution in [-0.4, -0.2) is 43.3 Å². The number of carbonyl (C=O) groups excluding carboxylic acids is 1. The van der Waals surface area contributed by atoms with Crippen molar-refractivity contribution in [3.8, 4) is 5.75 Å². The summed E-state index contributed by atoms with van der Waals surface area (Å²) in [4.78, 5) is 23.5. The topological polar surface area (TPSA) is 84.9 Å². The van der Waals surface area contributed by atoms with Crippen LogP contribution in [0.2, 0.25) is 0 Å². The fraction of sp³-hybridized carbons (Fsp3) is 0.500. The first kappa shape index (κ1) is 18.0. The van der Waals surface area contributed by atoms with Crippen LogP contribution >= 0.6 is 0 Å². The van der Waals surface area contributed by atoms with Crippen LogP contribution in [0.1, 0.15) is 36.5 Å². The van der Waals surface area contributed by atoms with Gasteiger partial charge in [0, 0.05) is 7.11 Å². The largest absolute Gasteiger partial charge is 0.490 e. The van der Waals surface area contributed by atoms with E-state index in [-0.39, 0.29) is 0 Å². The molecule has 1 amide bonds. The number of carboxylic acids is 1. The number of para-hydroxylation sites is 1. The molecule has 22 heavy (non-hydrogen) atoms. The van der Waals surface area contributed by atoms with Gasteiger partial charge in [-0.05, 0) is 18.6 Å². The summed E-state index contributed by atoms with van der Waals surface area (Å²) >= 11 is 0. The van der Waals surface area contributed by atoms with Gasteiger partial charge in [0.05, 0.1) is 12.2 Å². The molecule has 0 unspecified atom stereocenters. The number of hydrogen-bond acceptors (Lipinski definition) is 4. The zero-order valence-electron chi connectivity index (χ0n) is 13.0. The number of amides is 1. The fourth-order valence-electron chi connectivity index (χ4n) is 1.92. The maximum absolute atomic E-state index is 12.3. The molecule has 0 radical (unpaired) electrons. The van der Waals surface area contributed by atoms with Gasteiger partial charge in [0.15, 0.2) is 0 Å². The third kappa shape index (κ3) is 5.73. The standard InChI is InChI=1S/C16H23NO5/c1-3-4-8-13(16(19)20)17-15(18)12-7-5-6-9-14(12)22-11-10-21-2/h5-7,9,13H,3-4,8,10-11H2,1-2H3,(H,17,18)(H,19,20)/t13-/m0/s1. The van der Waals surface area contributed by atoms with Crippen LogP contribution in [0.15, 0.2) is 24.3 Å². The first-order valence-electron chi connectivity index (χ1n) is 7.34. The maximum Gasteiger partial charge on any atom is 0.326 e. The van der Waals surface area contributed by atoms with Crippen molar-refractivity contribution >= 4 is 11.9 Å². The Kier molecular flexibility index (Phi) is 7.99. The number of nitrogens with one attached hydrogen (secondary N) is 1. The molecule has 0 saturated heterocycles. The van der Waals surface area contributed by atoms with Crippen LogP contribution in [0.5, 0.6) is 5.75 Å². The summed E-state index contributed by atoms with van der Waals surface area (Å²) in [7, 11) is 1.56. The van der Waals surface area contributed by atoms with Crippen LogP contribution < -0.4 is 10.1 Å². The number of carbonyl (C=O) groups is 2. The molecule has 2 N–H and O–H groups in total. The van der Waals surface area contributed by atoms with E-state index in [1.165, 1.54) is 0 Å². The quantitative estimate of drug-likeness (QED) is 0.646. The van der Waals surface area contributed by atoms with Gasteiger partial charge >= 0.3 is 5.97 Å². The first-order chi connectivity index (χ1) is 10.6. The number of aliphatic carboxylic acids is 1. The summed E-state index contributed by atoms with van der Waals surface area (Å²) in [5.74, 6) is -1.06. The molecule has 0 bridgehead atoms. The van der Waals surface area contributed by atoms with Crippen molar-refractivity contribution in [1.29, 1.82) is 0 Å². The lowest BCUT2D eigenvalue weighted by Gasteiger charge is -2.16. The van der Waals surface area contributed by atoms with Gasteiger partial charge in [-0.15, -0.1) is 0 Å². The number of carboxylic acid groups (broad SMARTS) is 1. The molecule has 0 aliphatic rings. The van der Waals surface area contributed by atoms with Gasteiger partial charge in [-0.3, -0.25) is 4.79 Å². The molecule has 1 atom stereocenters. The number of rotatable bonds is 10. The molecular formula is C16H23NO5. The maximum atomic E-state index is 12.3. The number of ether oxygens (including phenoxy) is 2. The summed E-state index contributed by atoms with van der Waals surface area (Å²) in [5.41, 5.74) is 0.321. The minimum atomic E-state index is -1.03. The Morgan fingerprint density at radius 3 is 2.64 bits per heavy atom. The van der Waals surface area contributed by atoms with E-state index in [0.717, 1.165) is 12.8 Å². The highest BCUT2D eigenvalue weighted by molar-refractivity contribution is 5.98. The zero-order valence-corrected chi connectivity index (χ0v) is 13.0. The van der Waals surface area contributed by atoms with Gasteiger partial charge in [0.1, 0.15) is 18.4 Å². The Bertz CT molecular complexity index is 489. The van der Waals surface area contributed by atoms with Gasteiger partial charge in [0.25, 0.3) is 5.91 Å². The molecule has 0 saturated carbocycles. The van der Waals surface area contributed by atoms with E-state index < -0.39 is 17.9 Å². The van der Waals surface area contributed by atoms with Crippen LogP contribution in [-0.2, 0) is 9.53 Å². The average Bonchev–Trinajstić information content (AvgIpc) is 2.51. The highest BCUT2D eigenvalue weighted by Gasteiger charge is 2.21. The highest BCUT2D eigenvalue weighted by Crippen LogP contribution is 2.18. The SMILES string of the molecule is CCCC[C@H](NC(=O)c1ccccc1OCCOC)C(=O)O. The van der Waals surface area contributed by atoms with Gasteiger partial charge in [-0.2, -0.15) is 0 Å². The van der Waals surface area contributed by atoms with Gasteiger partial charge in [-0.25, -0.2) is 4.79 Å². The van der Waals surface area contributed by atoms with Crippen LogP contribution in [0.25, 0.3) is 0 Å². The molecule has 122 valence electrons. The lowest BCUT2D eigenvalue weighted by molar-refractivity contribution is -0.139. The minimum absolute atomic E-state index is 0.318. The molecule has 0 heterocycles. The summed E-state index contributed by atoms with van der Waals surface area (Å²) in [5, 5.41) is 11.7. The van der Waals surface area contributed by atoms with Crippen molar-refractivity contribution in [2.45, 2.75) is 32.2 Å². The van der Waals surface area contributed by atoms with Crippen molar-refractivity contribution in [2.75, 3.05) is 20.3 Å². The Morgan fingerprint density at radius 1 is 1.27 bits per heavy atom. The molecule has 6 heteroatoms. The Morgan fingerprint density at radius 2 is 2.00 bits per heavy atom. The van der Waals surface area contributed by atoms with Crippen molar-refractivity contribution in [2.24, 2.45) is 0 Å². The molecule has 0 aromatic heterocycles. The predicted octanol–water partition coefficient (Wildman–Crippen LogP) is 2.08. The van der Waals surface area contributed by atoms with Crippen molar-refractivity contribution in [1.82, 2.24) is 5.32 Å². The Labute approximate surface area is 130 Å². The number of hydrogen-bond donors (Lipinski definition) is 2. The second-order valence-corrected chi connectivity index (χ2v) is 4.84. The summed E-state index contributed by atoms with van der Waals surface area (Å²) in [6.07, 6.45) is 2.02. The number of methoxy groups -OCH3 is 1. The molecule has 1 rings (SSSR count). The van der Waals surface area contributed by atoms with E-state index in [2.05, 4.69) is 5.32 Å². The molecule has 0 fully saturated rings. The van der Waals surface area contributed by atoms with E-state index >= 15 is 0 Å². The second kappa shape index (κ2) is 9.78. The number of unbranched alkanes of at least 4 members (excludes halogenated alkanes) is 1. The van der Waals surface area contributed by atoms with Crippen molar-refractivity contribution < 1.29 is 24.2 Å². The molecule has 0 spiro atoms. The van der Waals surface area contributed by atoms with Gasteiger partial charge < -0.3 is 19.9 Å². The highest BCUT2D eigenvalue weighted by atomic mass is 16.5. The second-order valence-electron chi connectivity index (χ2n) is 4.84. The Balaban J connectivity index is 2.76. The molecule has 1 aromatic rings. The summed E-state index contributed by atoms with van der Waals surface area (Å²) in [6.45, 7) is 2.70. The third-order valence-electron chi connectivity index (χ3n) is 3.13. The van der Waals surface area contributed by atoms with E-state index in [4.69, 9.17) is 9.47 Å². The van der Waals surface area contributed by atoms with Crippen LogP contribution in [0.3, 0.4) is 0 Å². The third-order valence-corrected chi connectivity index (χ3v) is 3.13. The predicted molar refractivity (Wildman–Crippen MR) is 82.2 cm³/mol. The van der Waals surface area contributed by atoms with Gasteiger partial charge in [-0.1, -0.05) is 31.9 Å². The first-order valence-corrected chi connectivity index (χ1v) is 7.34. The fourth-order valence-corrected chi connectivity index (χ4v) is 1.92. The van der Waals surface area contributed by atoms with E-state index in [9.17, 15) is 14.7 Å². The summed E-state index contributed by atoms with van der Waals surface area (Å²) in [6, 6.07) is 5.85. The normalized spacial score (nSPS) is 11.7. The smallest absolute Gasteiger partial charge is 0.326 e. The molecule has 0 aliphatic heterocycles.